The second-order valence-corrected chi connectivity index (χ2v) is 6.13. The number of carbonyl (C=O) groups excluding carboxylic acids is 1. The summed E-state index contributed by atoms with van der Waals surface area (Å²) >= 11 is 0. The molecule has 0 aliphatic carbocycles. The Morgan fingerprint density at radius 3 is 2.75 bits per heavy atom. The fourth-order valence-electron chi connectivity index (χ4n) is 2.70. The lowest BCUT2D eigenvalue weighted by Gasteiger charge is -2.15. The fraction of sp³-hybridized carbons (Fsp3) is 0.250. The molecule has 2 aromatic carbocycles. The van der Waals surface area contributed by atoms with Gasteiger partial charge in [0.05, 0.1) is 0 Å². The number of hydrogen-bond donors (Lipinski definition) is 1. The molecule has 4 heteroatoms. The molecule has 0 radical (unpaired) electrons. The number of ether oxygens (including phenoxy) is 2. The molecule has 1 aliphatic heterocycles. The monoisotopic (exact) mass is 323 g/mol. The molecule has 0 atom stereocenters. The van der Waals surface area contributed by atoms with Crippen LogP contribution < -0.4 is 14.8 Å². The number of benzene rings is 2. The third kappa shape index (κ3) is 3.43. The summed E-state index contributed by atoms with van der Waals surface area (Å²) in [5, 5.41) is 3.00. The maximum atomic E-state index is 12.3. The zero-order chi connectivity index (χ0) is 17.1. The van der Waals surface area contributed by atoms with E-state index in [9.17, 15) is 4.79 Å². The van der Waals surface area contributed by atoms with E-state index in [1.807, 2.05) is 37.3 Å². The van der Waals surface area contributed by atoms with Crippen molar-refractivity contribution >= 4 is 17.7 Å². The van der Waals surface area contributed by atoms with E-state index in [4.69, 9.17) is 9.47 Å². The summed E-state index contributed by atoms with van der Waals surface area (Å²) in [5.74, 6) is 1.64. The predicted octanol–water partition coefficient (Wildman–Crippen LogP) is 4.50. The van der Waals surface area contributed by atoms with E-state index in [1.165, 1.54) is 6.08 Å². The average Bonchev–Trinajstić information content (AvgIpc) is 3.02. The number of carbonyl (C=O) groups is 1. The van der Waals surface area contributed by atoms with Crippen molar-refractivity contribution in [2.24, 2.45) is 0 Å². The number of aryl methyl sites for hydroxylation is 1. The molecule has 0 saturated heterocycles. The van der Waals surface area contributed by atoms with Crippen molar-refractivity contribution in [2.45, 2.75) is 26.7 Å². The molecule has 1 aliphatic rings. The second kappa shape index (κ2) is 6.79. The van der Waals surface area contributed by atoms with E-state index in [0.29, 0.717) is 11.7 Å². The second-order valence-electron chi connectivity index (χ2n) is 6.13. The Morgan fingerprint density at radius 2 is 1.96 bits per heavy atom. The lowest BCUT2D eigenvalue weighted by Crippen LogP contribution is -2.11. The zero-order valence-corrected chi connectivity index (χ0v) is 14.1. The van der Waals surface area contributed by atoms with Crippen LogP contribution in [0.1, 0.15) is 36.5 Å². The van der Waals surface area contributed by atoms with Crippen LogP contribution in [0.25, 0.3) is 6.08 Å². The quantitative estimate of drug-likeness (QED) is 0.843. The van der Waals surface area contributed by atoms with E-state index in [0.717, 1.165) is 28.1 Å². The molecule has 0 bridgehead atoms. The van der Waals surface area contributed by atoms with Gasteiger partial charge in [-0.05, 0) is 47.7 Å². The van der Waals surface area contributed by atoms with E-state index >= 15 is 0 Å². The van der Waals surface area contributed by atoms with Gasteiger partial charge in [-0.1, -0.05) is 38.1 Å². The van der Waals surface area contributed by atoms with E-state index in [1.54, 1.807) is 6.08 Å². The van der Waals surface area contributed by atoms with Crippen LogP contribution in [0.15, 0.2) is 42.5 Å². The van der Waals surface area contributed by atoms with Gasteiger partial charge in [-0.25, -0.2) is 0 Å². The highest BCUT2D eigenvalue weighted by atomic mass is 16.7. The Balaban J connectivity index is 1.74. The third-order valence-electron chi connectivity index (χ3n) is 4.00. The van der Waals surface area contributed by atoms with Crippen molar-refractivity contribution in [1.82, 2.24) is 0 Å². The van der Waals surface area contributed by atoms with Crippen LogP contribution in [0.4, 0.5) is 5.69 Å². The van der Waals surface area contributed by atoms with Crippen molar-refractivity contribution < 1.29 is 14.3 Å². The number of amides is 1. The largest absolute Gasteiger partial charge is 0.454 e. The van der Waals surface area contributed by atoms with Crippen molar-refractivity contribution in [3.63, 3.8) is 0 Å². The summed E-state index contributed by atoms with van der Waals surface area (Å²) < 4.78 is 10.6. The molecular weight excluding hydrogens is 302 g/mol. The summed E-state index contributed by atoms with van der Waals surface area (Å²) in [4.78, 5) is 12.3. The van der Waals surface area contributed by atoms with Gasteiger partial charge >= 0.3 is 0 Å². The van der Waals surface area contributed by atoms with Crippen molar-refractivity contribution in [3.8, 4) is 11.5 Å². The first-order valence-electron chi connectivity index (χ1n) is 8.03. The van der Waals surface area contributed by atoms with Crippen LogP contribution in [-0.4, -0.2) is 12.7 Å². The van der Waals surface area contributed by atoms with Gasteiger partial charge in [-0.3, -0.25) is 4.79 Å². The van der Waals surface area contributed by atoms with Gasteiger partial charge in [-0.2, -0.15) is 0 Å². The number of nitrogens with one attached hydrogen (secondary N) is 1. The van der Waals surface area contributed by atoms with Crippen molar-refractivity contribution in [3.05, 3.63) is 59.2 Å². The van der Waals surface area contributed by atoms with Gasteiger partial charge in [0.25, 0.3) is 0 Å². The Morgan fingerprint density at radius 1 is 1.17 bits per heavy atom. The molecule has 1 N–H and O–H groups in total. The van der Waals surface area contributed by atoms with Crippen LogP contribution in [0.5, 0.6) is 11.5 Å². The standard InChI is InChI=1S/C20H21NO3/c1-13(2)16-6-4-5-14(3)20(16)21-19(22)10-8-15-7-9-17-18(11-15)24-12-23-17/h4-11,13H,12H2,1-3H3,(H,21,22). The third-order valence-corrected chi connectivity index (χ3v) is 4.00. The van der Waals surface area contributed by atoms with Gasteiger partial charge in [0, 0.05) is 11.8 Å². The molecule has 124 valence electrons. The lowest BCUT2D eigenvalue weighted by atomic mass is 9.98. The first-order valence-corrected chi connectivity index (χ1v) is 8.03. The zero-order valence-electron chi connectivity index (χ0n) is 14.1. The molecule has 0 spiro atoms. The number of anilines is 1. The van der Waals surface area contributed by atoms with Crippen LogP contribution in [0.2, 0.25) is 0 Å². The van der Waals surface area contributed by atoms with Crippen LogP contribution >= 0.6 is 0 Å². The number of para-hydroxylation sites is 1. The minimum Gasteiger partial charge on any atom is -0.454 e. The maximum absolute atomic E-state index is 12.3. The minimum atomic E-state index is -0.149. The molecule has 4 nitrogen and oxygen atoms in total. The average molecular weight is 323 g/mol. The Hall–Kier alpha value is -2.75. The SMILES string of the molecule is Cc1cccc(C(C)C)c1NC(=O)C=Cc1ccc2c(c1)OCO2. The van der Waals surface area contributed by atoms with Gasteiger partial charge < -0.3 is 14.8 Å². The first-order chi connectivity index (χ1) is 11.5. The molecule has 24 heavy (non-hydrogen) atoms. The molecule has 1 heterocycles. The van der Waals surface area contributed by atoms with Crippen molar-refractivity contribution in [1.29, 1.82) is 0 Å². The van der Waals surface area contributed by atoms with Crippen LogP contribution in [0, 0.1) is 6.92 Å². The summed E-state index contributed by atoms with van der Waals surface area (Å²) in [6, 6.07) is 11.7. The molecule has 2 aromatic rings. The van der Waals surface area contributed by atoms with Crippen molar-refractivity contribution in [2.75, 3.05) is 12.1 Å². The van der Waals surface area contributed by atoms with Crippen LogP contribution in [-0.2, 0) is 4.79 Å². The highest BCUT2D eigenvalue weighted by Gasteiger charge is 2.13. The lowest BCUT2D eigenvalue weighted by molar-refractivity contribution is -0.111. The molecule has 0 unspecified atom stereocenters. The molecule has 0 fully saturated rings. The normalized spacial score (nSPS) is 12.8. The predicted molar refractivity (Wildman–Crippen MR) is 95.5 cm³/mol. The van der Waals surface area contributed by atoms with Gasteiger partial charge in [0.1, 0.15) is 0 Å². The Labute approximate surface area is 142 Å². The molecular formula is C20H21NO3. The fourth-order valence-corrected chi connectivity index (χ4v) is 2.70. The number of hydrogen-bond acceptors (Lipinski definition) is 3. The van der Waals surface area contributed by atoms with Gasteiger partial charge in [-0.15, -0.1) is 0 Å². The minimum absolute atomic E-state index is 0.149. The van der Waals surface area contributed by atoms with E-state index in [-0.39, 0.29) is 12.7 Å². The number of fused-ring (bicyclic) bond motifs is 1. The van der Waals surface area contributed by atoms with Gasteiger partial charge in [0.15, 0.2) is 11.5 Å². The topological polar surface area (TPSA) is 47.6 Å². The first kappa shape index (κ1) is 16.1. The highest BCUT2D eigenvalue weighted by molar-refractivity contribution is 6.02. The molecule has 3 rings (SSSR count). The number of rotatable bonds is 4. The van der Waals surface area contributed by atoms with Gasteiger partial charge in [0.2, 0.25) is 12.7 Å². The Bertz CT molecular complexity index is 793. The summed E-state index contributed by atoms with van der Waals surface area (Å²) in [5.41, 5.74) is 3.99. The highest BCUT2D eigenvalue weighted by Crippen LogP contribution is 2.33. The maximum Gasteiger partial charge on any atom is 0.248 e. The Kier molecular flexibility index (Phi) is 4.56. The molecule has 0 aromatic heterocycles. The summed E-state index contributed by atoms with van der Waals surface area (Å²) in [7, 11) is 0. The van der Waals surface area contributed by atoms with E-state index in [2.05, 4.69) is 25.2 Å². The summed E-state index contributed by atoms with van der Waals surface area (Å²) in [6.07, 6.45) is 3.30. The van der Waals surface area contributed by atoms with E-state index < -0.39 is 0 Å². The smallest absolute Gasteiger partial charge is 0.248 e. The summed E-state index contributed by atoms with van der Waals surface area (Å²) in [6.45, 7) is 6.48. The molecule has 1 amide bonds. The van der Waals surface area contributed by atoms with Crippen LogP contribution in [0.3, 0.4) is 0 Å². The molecule has 0 saturated carbocycles.